The molecule has 4 aromatic carbocycles. The van der Waals surface area contributed by atoms with E-state index in [0.29, 0.717) is 0 Å². The molecular weight excluding hydrogens is 550 g/mol. The highest BCUT2D eigenvalue weighted by molar-refractivity contribution is 5.87. The van der Waals surface area contributed by atoms with E-state index in [1.807, 2.05) is 61.1 Å². The van der Waals surface area contributed by atoms with Gasteiger partial charge >= 0.3 is 12.4 Å². The Labute approximate surface area is 239 Å². The lowest BCUT2D eigenvalue weighted by Gasteiger charge is -2.08. The molecule has 2 aromatic heterocycles. The lowest BCUT2D eigenvalue weighted by Crippen LogP contribution is -2.05. The van der Waals surface area contributed by atoms with Crippen LogP contribution in [0.4, 0.5) is 26.3 Å². The second-order valence-electron chi connectivity index (χ2n) is 10.2. The zero-order chi connectivity index (χ0) is 30.1. The second-order valence-corrected chi connectivity index (χ2v) is 10.2. The average molecular weight is 579 g/mol. The van der Waals surface area contributed by atoms with Gasteiger partial charge in [0.05, 0.1) is 11.1 Å². The van der Waals surface area contributed by atoms with Gasteiger partial charge in [0.2, 0.25) is 0 Å². The molecule has 2 nitrogen and oxygen atoms in total. The lowest BCUT2D eigenvalue weighted by molar-refractivity contribution is -0.138. The summed E-state index contributed by atoms with van der Waals surface area (Å²) < 4.78 is 79.4. The van der Waals surface area contributed by atoms with Crippen molar-refractivity contribution in [1.82, 2.24) is 9.13 Å². The maximum atomic E-state index is 12.6. The molecule has 8 heteroatoms. The quantitative estimate of drug-likeness (QED) is 0.184. The Morgan fingerprint density at radius 3 is 1.50 bits per heavy atom. The van der Waals surface area contributed by atoms with Crippen LogP contribution in [-0.4, -0.2) is 9.13 Å². The van der Waals surface area contributed by atoms with Crippen LogP contribution in [-0.2, 0) is 39.3 Å². The lowest BCUT2D eigenvalue weighted by atomic mass is 10.1. The van der Waals surface area contributed by atoms with Crippen LogP contribution in [0, 0.1) is 0 Å². The number of halogens is 6. The van der Waals surface area contributed by atoms with E-state index in [4.69, 9.17) is 0 Å². The molecular formula is C34H28F6N2. The van der Waals surface area contributed by atoms with Crippen molar-refractivity contribution in [3.05, 3.63) is 132 Å². The first kappa shape index (κ1) is 29.0. The molecule has 0 N–H and O–H groups in total. The molecule has 0 saturated heterocycles. The first-order valence-electron chi connectivity index (χ1n) is 13.3. The number of hydrogen-bond acceptors (Lipinski definition) is 0. The summed E-state index contributed by atoms with van der Waals surface area (Å²) in [5, 5.41) is 2.26. The van der Waals surface area contributed by atoms with Gasteiger partial charge in [-0.15, -0.1) is 0 Å². The van der Waals surface area contributed by atoms with E-state index in [-0.39, 0.29) is 0 Å². The minimum absolute atomic E-state index is 0.596. The Bertz CT molecular complexity index is 1800. The molecule has 0 amide bonds. The number of fused-ring (bicyclic) bond motifs is 2. The van der Waals surface area contributed by atoms with E-state index >= 15 is 0 Å². The molecule has 0 unspecified atom stereocenters. The van der Waals surface area contributed by atoms with E-state index in [1.165, 1.54) is 28.7 Å². The maximum absolute atomic E-state index is 12.6. The minimum atomic E-state index is -4.29. The van der Waals surface area contributed by atoms with Crippen molar-refractivity contribution in [3.63, 3.8) is 0 Å². The normalized spacial score (nSPS) is 12.0. The number of para-hydroxylation sites is 2. The van der Waals surface area contributed by atoms with Gasteiger partial charge in [-0.05, 0) is 77.9 Å². The molecule has 42 heavy (non-hydrogen) atoms. The van der Waals surface area contributed by atoms with Crippen LogP contribution >= 0.6 is 0 Å². The molecule has 2 heterocycles. The zero-order valence-corrected chi connectivity index (χ0v) is 23.0. The van der Waals surface area contributed by atoms with Crippen LogP contribution in [0.25, 0.3) is 33.1 Å². The Hall–Kier alpha value is -4.46. The minimum Gasteiger partial charge on any atom is -0.348 e. The maximum Gasteiger partial charge on any atom is 0.416 e. The van der Waals surface area contributed by atoms with Gasteiger partial charge in [-0.2, -0.15) is 26.3 Å². The number of alkyl halides is 6. The zero-order valence-electron chi connectivity index (χ0n) is 23.0. The first-order valence-corrected chi connectivity index (χ1v) is 13.3. The van der Waals surface area contributed by atoms with Crippen molar-refractivity contribution in [2.75, 3.05) is 0 Å². The smallest absolute Gasteiger partial charge is 0.348 e. The van der Waals surface area contributed by atoms with Crippen LogP contribution in [0.5, 0.6) is 0 Å². The molecule has 0 radical (unpaired) electrons. The predicted molar refractivity (Wildman–Crippen MR) is 155 cm³/mol. The first-order chi connectivity index (χ1) is 19.9. The third-order valence-electron chi connectivity index (χ3n) is 7.46. The molecule has 0 fully saturated rings. The summed E-state index contributed by atoms with van der Waals surface area (Å²) in [6.45, 7) is 0. The van der Waals surface area contributed by atoms with Crippen LogP contribution in [0.2, 0.25) is 0 Å². The van der Waals surface area contributed by atoms with Gasteiger partial charge < -0.3 is 9.13 Å². The summed E-state index contributed by atoms with van der Waals surface area (Å²) in [6, 6.07) is 30.8. The van der Waals surface area contributed by atoms with Gasteiger partial charge in [-0.1, -0.05) is 60.7 Å². The van der Waals surface area contributed by atoms with Crippen molar-refractivity contribution in [3.8, 4) is 11.3 Å². The SMILES string of the molecule is Cn1c(-c2ccc(C(F)(F)F)cc2)cc2ccccc21.Cn1c(CCc2ccc(C(F)(F)F)cc2)cc2ccccc21. The van der Waals surface area contributed by atoms with Crippen LogP contribution < -0.4 is 0 Å². The molecule has 0 bridgehead atoms. The fraction of sp³-hybridized carbons (Fsp3) is 0.176. The highest BCUT2D eigenvalue weighted by Gasteiger charge is 2.30. The topological polar surface area (TPSA) is 9.86 Å². The van der Waals surface area contributed by atoms with Crippen LogP contribution in [0.1, 0.15) is 22.4 Å². The predicted octanol–water partition coefficient (Wildman–Crippen LogP) is 9.85. The van der Waals surface area contributed by atoms with Crippen molar-refractivity contribution >= 4 is 21.8 Å². The number of aromatic nitrogens is 2. The van der Waals surface area contributed by atoms with Gasteiger partial charge in [-0.3, -0.25) is 0 Å². The highest BCUT2D eigenvalue weighted by Crippen LogP contribution is 2.33. The van der Waals surface area contributed by atoms with Gasteiger partial charge in [0, 0.05) is 41.9 Å². The highest BCUT2D eigenvalue weighted by atomic mass is 19.4. The number of aryl methyl sites for hydroxylation is 4. The largest absolute Gasteiger partial charge is 0.416 e. The second kappa shape index (κ2) is 11.4. The molecule has 0 atom stereocenters. The molecule has 0 aliphatic carbocycles. The summed E-state index contributed by atoms with van der Waals surface area (Å²) in [7, 11) is 3.93. The molecule has 6 aromatic rings. The van der Waals surface area contributed by atoms with E-state index in [0.717, 1.165) is 64.8 Å². The van der Waals surface area contributed by atoms with Gasteiger partial charge in [0.1, 0.15) is 0 Å². The summed E-state index contributed by atoms with van der Waals surface area (Å²) in [5.41, 5.74) is 4.78. The third-order valence-corrected chi connectivity index (χ3v) is 7.46. The molecule has 0 spiro atoms. The molecule has 6 rings (SSSR count). The standard InChI is InChI=1S/C18H16F3N.C16H12F3N/c1-22-16(12-14-4-2-3-5-17(14)22)11-8-13-6-9-15(10-7-13)18(19,20)21;1-20-14-5-3-2-4-12(14)10-15(20)11-6-8-13(9-7-11)16(17,18)19/h2-7,9-10,12H,8,11H2,1H3;2-10H,1H3. The molecule has 216 valence electrons. The fourth-order valence-electron chi connectivity index (χ4n) is 5.11. The summed E-state index contributed by atoms with van der Waals surface area (Å²) >= 11 is 0. The van der Waals surface area contributed by atoms with Crippen molar-refractivity contribution in [2.45, 2.75) is 25.2 Å². The van der Waals surface area contributed by atoms with E-state index < -0.39 is 23.5 Å². The van der Waals surface area contributed by atoms with Gasteiger partial charge in [0.15, 0.2) is 0 Å². The number of nitrogens with zero attached hydrogens (tertiary/aromatic N) is 2. The van der Waals surface area contributed by atoms with Gasteiger partial charge in [-0.25, -0.2) is 0 Å². The van der Waals surface area contributed by atoms with Crippen molar-refractivity contribution in [1.29, 1.82) is 0 Å². The monoisotopic (exact) mass is 578 g/mol. The van der Waals surface area contributed by atoms with E-state index in [2.05, 4.69) is 22.8 Å². The van der Waals surface area contributed by atoms with Gasteiger partial charge in [0.25, 0.3) is 0 Å². The fourth-order valence-corrected chi connectivity index (χ4v) is 5.11. The Kier molecular flexibility index (Phi) is 7.91. The Balaban J connectivity index is 0.000000169. The number of benzene rings is 4. The average Bonchev–Trinajstić information content (AvgIpc) is 3.48. The summed E-state index contributed by atoms with van der Waals surface area (Å²) in [6.07, 6.45) is -7.04. The third kappa shape index (κ3) is 6.22. The summed E-state index contributed by atoms with van der Waals surface area (Å²) in [4.78, 5) is 0. The van der Waals surface area contributed by atoms with Crippen molar-refractivity contribution < 1.29 is 26.3 Å². The summed E-state index contributed by atoms with van der Waals surface area (Å²) in [5.74, 6) is 0. The van der Waals surface area contributed by atoms with E-state index in [9.17, 15) is 26.3 Å². The van der Waals surface area contributed by atoms with Crippen molar-refractivity contribution in [2.24, 2.45) is 14.1 Å². The Morgan fingerprint density at radius 2 is 1.00 bits per heavy atom. The van der Waals surface area contributed by atoms with E-state index in [1.54, 1.807) is 12.1 Å². The molecule has 0 aliphatic rings. The van der Waals surface area contributed by atoms with Crippen LogP contribution in [0.15, 0.2) is 109 Å². The Morgan fingerprint density at radius 1 is 0.524 bits per heavy atom. The number of hydrogen-bond donors (Lipinski definition) is 0. The van der Waals surface area contributed by atoms with Crippen LogP contribution in [0.3, 0.4) is 0 Å². The molecule has 0 aliphatic heterocycles. The number of rotatable bonds is 4. The molecule has 0 saturated carbocycles.